The van der Waals surface area contributed by atoms with Crippen molar-refractivity contribution >= 4 is 5.69 Å². The third-order valence-corrected chi connectivity index (χ3v) is 2.74. The monoisotopic (exact) mass is 211 g/mol. The molecule has 0 aliphatic carbocycles. The van der Waals surface area contributed by atoms with E-state index in [1.807, 2.05) is 26.0 Å². The van der Waals surface area contributed by atoms with Crippen molar-refractivity contribution in [3.63, 3.8) is 0 Å². The van der Waals surface area contributed by atoms with Gasteiger partial charge >= 0.3 is 0 Å². The Labute approximate surface area is 88.7 Å². The molecule has 1 fully saturated rings. The number of benzene rings is 1. The molecule has 0 amide bonds. The van der Waals surface area contributed by atoms with Gasteiger partial charge in [0.05, 0.1) is 6.54 Å². The van der Waals surface area contributed by atoms with Gasteiger partial charge in [-0.25, -0.2) is 8.78 Å². The van der Waals surface area contributed by atoms with Crippen LogP contribution in [0.4, 0.5) is 14.5 Å². The molecule has 0 unspecified atom stereocenters. The predicted octanol–water partition coefficient (Wildman–Crippen LogP) is 3.15. The van der Waals surface area contributed by atoms with Crippen molar-refractivity contribution in [2.75, 3.05) is 18.0 Å². The summed E-state index contributed by atoms with van der Waals surface area (Å²) in [6.45, 7) is 4.29. The van der Waals surface area contributed by atoms with Crippen LogP contribution in [0.15, 0.2) is 18.2 Å². The minimum Gasteiger partial charge on any atom is -0.365 e. The minimum absolute atomic E-state index is 0.0278. The van der Waals surface area contributed by atoms with E-state index >= 15 is 0 Å². The second-order valence-corrected chi connectivity index (χ2v) is 4.37. The van der Waals surface area contributed by atoms with E-state index in [9.17, 15) is 8.78 Å². The molecule has 0 aromatic heterocycles. The number of alkyl halides is 2. The SMILES string of the molecule is Cc1cc(C)cc(N2CCC(F)(F)C2)c1. The molecular weight excluding hydrogens is 196 g/mol. The number of halogens is 2. The molecule has 1 aliphatic heterocycles. The average Bonchev–Trinajstić information content (AvgIpc) is 2.44. The highest BCUT2D eigenvalue weighted by Crippen LogP contribution is 2.31. The van der Waals surface area contributed by atoms with E-state index in [4.69, 9.17) is 0 Å². The first-order valence-electron chi connectivity index (χ1n) is 5.17. The molecule has 0 N–H and O–H groups in total. The number of hydrogen-bond acceptors (Lipinski definition) is 1. The number of anilines is 1. The first-order valence-corrected chi connectivity index (χ1v) is 5.17. The molecule has 1 aromatic carbocycles. The zero-order chi connectivity index (χ0) is 11.1. The van der Waals surface area contributed by atoms with Gasteiger partial charge in [-0.2, -0.15) is 0 Å². The Bertz CT molecular complexity index is 354. The Kier molecular flexibility index (Phi) is 2.41. The Morgan fingerprint density at radius 2 is 1.73 bits per heavy atom. The number of nitrogens with zero attached hydrogens (tertiary/aromatic N) is 1. The summed E-state index contributed by atoms with van der Waals surface area (Å²) >= 11 is 0. The summed E-state index contributed by atoms with van der Waals surface area (Å²) in [5.74, 6) is -2.52. The number of aryl methyl sites for hydroxylation is 2. The average molecular weight is 211 g/mol. The summed E-state index contributed by atoms with van der Waals surface area (Å²) in [6.07, 6.45) is -0.0278. The summed E-state index contributed by atoms with van der Waals surface area (Å²) in [6, 6.07) is 5.99. The van der Waals surface area contributed by atoms with Gasteiger partial charge in [0.1, 0.15) is 0 Å². The molecule has 3 heteroatoms. The van der Waals surface area contributed by atoms with Gasteiger partial charge in [0.25, 0.3) is 5.92 Å². The highest BCUT2D eigenvalue weighted by molar-refractivity contribution is 5.52. The molecular formula is C12H15F2N. The van der Waals surface area contributed by atoms with Crippen molar-refractivity contribution < 1.29 is 8.78 Å². The van der Waals surface area contributed by atoms with Crippen LogP contribution < -0.4 is 4.90 Å². The Hall–Kier alpha value is -1.12. The van der Waals surface area contributed by atoms with Crippen LogP contribution in [0, 0.1) is 13.8 Å². The zero-order valence-corrected chi connectivity index (χ0v) is 9.06. The van der Waals surface area contributed by atoms with Gasteiger partial charge in [0.15, 0.2) is 0 Å². The zero-order valence-electron chi connectivity index (χ0n) is 9.06. The summed E-state index contributed by atoms with van der Waals surface area (Å²) < 4.78 is 26.1. The van der Waals surface area contributed by atoms with E-state index in [0.29, 0.717) is 6.54 Å². The van der Waals surface area contributed by atoms with E-state index in [1.165, 1.54) is 0 Å². The molecule has 1 nitrogen and oxygen atoms in total. The van der Waals surface area contributed by atoms with Gasteiger partial charge in [-0.1, -0.05) is 6.07 Å². The van der Waals surface area contributed by atoms with Crippen LogP contribution in [0.25, 0.3) is 0 Å². The van der Waals surface area contributed by atoms with Gasteiger partial charge in [-0.05, 0) is 37.1 Å². The van der Waals surface area contributed by atoms with Crippen LogP contribution in [0.2, 0.25) is 0 Å². The van der Waals surface area contributed by atoms with Crippen LogP contribution in [-0.4, -0.2) is 19.0 Å². The van der Waals surface area contributed by atoms with Crippen LogP contribution in [0.3, 0.4) is 0 Å². The first kappa shape index (κ1) is 10.4. The molecule has 1 heterocycles. The lowest BCUT2D eigenvalue weighted by Gasteiger charge is -2.19. The standard InChI is InChI=1S/C12H15F2N/c1-9-5-10(2)7-11(6-9)15-4-3-12(13,14)8-15/h5-7H,3-4,8H2,1-2H3. The molecule has 0 atom stereocenters. The third kappa shape index (κ3) is 2.28. The second-order valence-electron chi connectivity index (χ2n) is 4.37. The molecule has 0 radical (unpaired) electrons. The molecule has 0 spiro atoms. The largest absolute Gasteiger partial charge is 0.365 e. The van der Waals surface area contributed by atoms with Crippen molar-refractivity contribution in [1.82, 2.24) is 0 Å². The lowest BCUT2D eigenvalue weighted by molar-refractivity contribution is 0.0257. The minimum atomic E-state index is -2.52. The van der Waals surface area contributed by atoms with Gasteiger partial charge in [-0.3, -0.25) is 0 Å². The molecule has 82 valence electrons. The highest BCUT2D eigenvalue weighted by atomic mass is 19.3. The molecule has 1 aliphatic rings. The smallest absolute Gasteiger partial charge is 0.266 e. The number of rotatable bonds is 1. The van der Waals surface area contributed by atoms with Crippen molar-refractivity contribution in [2.45, 2.75) is 26.2 Å². The van der Waals surface area contributed by atoms with Crippen molar-refractivity contribution in [1.29, 1.82) is 0 Å². The summed E-state index contributed by atoms with van der Waals surface area (Å²) in [7, 11) is 0. The first-order chi connectivity index (χ1) is 6.96. The second kappa shape index (κ2) is 3.47. The summed E-state index contributed by atoms with van der Waals surface area (Å²) in [5.41, 5.74) is 3.17. The van der Waals surface area contributed by atoms with E-state index in [-0.39, 0.29) is 13.0 Å². The van der Waals surface area contributed by atoms with Crippen LogP contribution >= 0.6 is 0 Å². The van der Waals surface area contributed by atoms with E-state index in [1.54, 1.807) is 4.90 Å². The Morgan fingerprint density at radius 1 is 1.13 bits per heavy atom. The molecule has 0 bridgehead atoms. The maximum absolute atomic E-state index is 13.0. The summed E-state index contributed by atoms with van der Waals surface area (Å²) in [4.78, 5) is 1.76. The van der Waals surface area contributed by atoms with Crippen LogP contribution in [-0.2, 0) is 0 Å². The van der Waals surface area contributed by atoms with E-state index in [2.05, 4.69) is 6.07 Å². The maximum Gasteiger partial charge on any atom is 0.266 e. The van der Waals surface area contributed by atoms with Crippen LogP contribution in [0.5, 0.6) is 0 Å². The maximum atomic E-state index is 13.0. The van der Waals surface area contributed by atoms with Crippen molar-refractivity contribution in [3.8, 4) is 0 Å². The fraction of sp³-hybridized carbons (Fsp3) is 0.500. The fourth-order valence-corrected chi connectivity index (χ4v) is 2.09. The topological polar surface area (TPSA) is 3.24 Å². The Morgan fingerprint density at radius 3 is 2.20 bits per heavy atom. The molecule has 1 aromatic rings. The molecule has 2 rings (SSSR count). The fourth-order valence-electron chi connectivity index (χ4n) is 2.09. The highest BCUT2D eigenvalue weighted by Gasteiger charge is 2.38. The van der Waals surface area contributed by atoms with Gasteiger partial charge in [-0.15, -0.1) is 0 Å². The molecule has 15 heavy (non-hydrogen) atoms. The molecule has 0 saturated carbocycles. The lowest BCUT2D eigenvalue weighted by atomic mass is 10.1. The Balaban J connectivity index is 2.24. The lowest BCUT2D eigenvalue weighted by Crippen LogP contribution is -2.24. The van der Waals surface area contributed by atoms with Crippen molar-refractivity contribution in [2.24, 2.45) is 0 Å². The normalized spacial score (nSPS) is 19.6. The quantitative estimate of drug-likeness (QED) is 0.689. The van der Waals surface area contributed by atoms with Gasteiger partial charge < -0.3 is 4.90 Å². The third-order valence-electron chi connectivity index (χ3n) is 2.74. The molecule has 1 saturated heterocycles. The van der Waals surface area contributed by atoms with Gasteiger partial charge in [0, 0.05) is 18.7 Å². The van der Waals surface area contributed by atoms with E-state index in [0.717, 1.165) is 16.8 Å². The predicted molar refractivity (Wildman–Crippen MR) is 57.7 cm³/mol. The van der Waals surface area contributed by atoms with Gasteiger partial charge in [0.2, 0.25) is 0 Å². The van der Waals surface area contributed by atoms with E-state index < -0.39 is 5.92 Å². The number of hydrogen-bond donors (Lipinski definition) is 0. The van der Waals surface area contributed by atoms with Crippen LogP contribution in [0.1, 0.15) is 17.5 Å². The van der Waals surface area contributed by atoms with Crippen molar-refractivity contribution in [3.05, 3.63) is 29.3 Å². The summed E-state index contributed by atoms with van der Waals surface area (Å²) in [5, 5.41) is 0.